The fourth-order valence-corrected chi connectivity index (χ4v) is 4.68. The Balaban J connectivity index is 0.00000267. The van der Waals surface area contributed by atoms with Crippen LogP contribution in [0.25, 0.3) is 0 Å². The molecule has 39 heavy (non-hydrogen) atoms. The second kappa shape index (κ2) is 14.3. The van der Waals surface area contributed by atoms with Gasteiger partial charge in [0.2, 0.25) is 24.7 Å². The topological polar surface area (TPSA) is 143 Å². The second-order valence-corrected chi connectivity index (χ2v) is 9.72. The first-order valence-electron chi connectivity index (χ1n) is 10.9. The predicted octanol–water partition coefficient (Wildman–Crippen LogP) is -4.67. The highest BCUT2D eigenvalue weighted by atomic mass is 35.5. The number of ketones is 2. The van der Waals surface area contributed by atoms with E-state index in [9.17, 15) is 24.0 Å². The van der Waals surface area contributed by atoms with Gasteiger partial charge in [-0.1, -0.05) is 12.1 Å². The number of pyridine rings is 2. The van der Waals surface area contributed by atoms with Gasteiger partial charge in [0.15, 0.2) is 24.8 Å². The first kappa shape index (κ1) is 31.2. The lowest BCUT2D eigenvalue weighted by atomic mass is 10.1. The van der Waals surface area contributed by atoms with Gasteiger partial charge in [0, 0.05) is 6.07 Å². The van der Waals surface area contributed by atoms with Crippen LogP contribution in [0, 0.1) is 0 Å². The normalized spacial score (nSPS) is 9.95. The third-order valence-electron chi connectivity index (χ3n) is 5.12. The van der Waals surface area contributed by atoms with Gasteiger partial charge in [0.05, 0.1) is 9.75 Å². The third kappa shape index (κ3) is 8.26. The molecule has 0 spiro atoms. The Morgan fingerprint density at radius 1 is 0.692 bits per heavy atom. The number of primary amides is 1. The second-order valence-electron chi connectivity index (χ2n) is 7.82. The van der Waals surface area contributed by atoms with Gasteiger partial charge in [0.25, 0.3) is 17.7 Å². The quantitative estimate of drug-likeness (QED) is 0.0998. The molecule has 10 nitrogen and oxygen atoms in total. The Kier molecular flexibility index (Phi) is 11.4. The predicted molar refractivity (Wildman–Crippen MR) is 134 cm³/mol. The number of hydrogen-bond donors (Lipinski definition) is 3. The molecular weight excluding hydrogens is 585 g/mol. The summed E-state index contributed by atoms with van der Waals surface area (Å²) in [6, 6.07) is 11.4. The Hall–Kier alpha value is -3.97. The first-order chi connectivity index (χ1) is 17.8. The zero-order valence-electron chi connectivity index (χ0n) is 20.0. The summed E-state index contributed by atoms with van der Waals surface area (Å²) in [6.45, 7) is -0.0550. The van der Waals surface area contributed by atoms with Crippen molar-refractivity contribution in [2.75, 3.05) is 0 Å². The largest absolute Gasteiger partial charge is 1.00 e. The highest BCUT2D eigenvalue weighted by molar-refractivity contribution is 7.12. The number of thiophene rings is 2. The van der Waals surface area contributed by atoms with E-state index in [-0.39, 0.29) is 66.2 Å². The lowest BCUT2D eigenvalue weighted by Gasteiger charge is -2.07. The number of halogens is 2. The summed E-state index contributed by atoms with van der Waals surface area (Å²) < 4.78 is 2.96. The van der Waals surface area contributed by atoms with Gasteiger partial charge >= 0.3 is 0 Å². The maximum Gasteiger partial charge on any atom is 0.275 e. The molecule has 4 heterocycles. The average molecular weight is 607 g/mol. The Labute approximate surface area is 243 Å². The molecule has 0 unspecified atom stereocenters. The molecular formula is C25H21Cl2N5O5S2. The van der Waals surface area contributed by atoms with E-state index in [0.29, 0.717) is 9.75 Å². The Morgan fingerprint density at radius 3 is 1.74 bits per heavy atom. The molecule has 4 aromatic rings. The van der Waals surface area contributed by atoms with Crippen LogP contribution in [0.5, 0.6) is 0 Å². The summed E-state index contributed by atoms with van der Waals surface area (Å²) in [6.07, 6.45) is 5.91. The average Bonchev–Trinajstić information content (AvgIpc) is 3.62. The van der Waals surface area contributed by atoms with Crippen LogP contribution in [-0.2, 0) is 13.1 Å². The number of aromatic nitrogens is 2. The summed E-state index contributed by atoms with van der Waals surface area (Å²) in [5.74, 6) is -2.40. The standard InChI is InChI=1S/C25H19N5O5S2.2ClH/c26-23(33)17-10-18(13-30(12-17)15-20(32)22-6-3-9-37-22)25(35)28-27-24(34)16-4-1-7-29(11-16)14-19(31)21-5-2-8-36-21;;/h1-13H,14-15H2,(H2-2,26,27,28,33,34,35);2*1H. The molecule has 202 valence electrons. The maximum atomic E-state index is 12.7. The fourth-order valence-electron chi connectivity index (χ4n) is 3.36. The summed E-state index contributed by atoms with van der Waals surface area (Å²) in [5.41, 5.74) is 10.2. The molecule has 0 aliphatic carbocycles. The van der Waals surface area contributed by atoms with Crippen molar-refractivity contribution in [2.45, 2.75) is 13.1 Å². The number of nitrogens with two attached hydrogens (primary N) is 1. The Bertz CT molecular complexity index is 1490. The molecule has 0 fully saturated rings. The summed E-state index contributed by atoms with van der Waals surface area (Å²) in [5, 5.41) is 3.59. The Morgan fingerprint density at radius 2 is 1.21 bits per heavy atom. The fraction of sp³-hybridized carbons (Fsp3) is 0.0800. The van der Waals surface area contributed by atoms with Gasteiger partial charge in [0.1, 0.15) is 16.7 Å². The minimum absolute atomic E-state index is 0. The van der Waals surface area contributed by atoms with Crippen molar-refractivity contribution in [3.63, 3.8) is 0 Å². The van der Waals surface area contributed by atoms with Crippen molar-refractivity contribution in [3.8, 4) is 0 Å². The number of hydrazine groups is 1. The molecule has 4 N–H and O–H groups in total. The maximum absolute atomic E-state index is 12.7. The number of rotatable bonds is 9. The molecule has 0 aromatic carbocycles. The van der Waals surface area contributed by atoms with Crippen LogP contribution in [-0.4, -0.2) is 29.3 Å². The molecule has 0 aliphatic rings. The van der Waals surface area contributed by atoms with E-state index >= 15 is 0 Å². The lowest BCUT2D eigenvalue weighted by Crippen LogP contribution is -3.00. The van der Waals surface area contributed by atoms with E-state index in [1.807, 2.05) is 5.38 Å². The molecule has 0 aliphatic heterocycles. The van der Waals surface area contributed by atoms with Gasteiger partial charge in [-0.15, -0.1) is 22.7 Å². The molecule has 4 aromatic heterocycles. The minimum Gasteiger partial charge on any atom is -1.00 e. The van der Waals surface area contributed by atoms with Gasteiger partial charge in [-0.05, 0) is 35.0 Å². The van der Waals surface area contributed by atoms with Crippen LogP contribution < -0.4 is 50.5 Å². The number of Topliss-reactive ketones (excluding diaryl/α,β-unsaturated/α-hetero) is 2. The molecule has 0 saturated heterocycles. The SMILES string of the molecule is NC(=O)c1cc(C(=O)NNC(=O)c2ccc[n+](CC(=O)c3cccs3)c2)c[n+](CC(=O)c2cccs2)c1.[Cl-].[Cl-]. The van der Waals surface area contributed by atoms with E-state index in [0.717, 1.165) is 0 Å². The van der Waals surface area contributed by atoms with Crippen molar-refractivity contribution in [1.82, 2.24) is 10.9 Å². The summed E-state index contributed by atoms with van der Waals surface area (Å²) in [4.78, 5) is 63.1. The van der Waals surface area contributed by atoms with Crippen molar-refractivity contribution in [3.05, 3.63) is 104 Å². The van der Waals surface area contributed by atoms with Crippen LogP contribution >= 0.6 is 22.7 Å². The van der Waals surface area contributed by atoms with E-state index in [4.69, 9.17) is 5.73 Å². The van der Waals surface area contributed by atoms with Crippen LogP contribution in [0.2, 0.25) is 0 Å². The molecule has 14 heteroatoms. The van der Waals surface area contributed by atoms with Crippen LogP contribution in [0.4, 0.5) is 0 Å². The third-order valence-corrected chi connectivity index (χ3v) is 6.94. The molecule has 3 amide bonds. The number of amides is 3. The summed E-state index contributed by atoms with van der Waals surface area (Å²) in [7, 11) is 0. The van der Waals surface area contributed by atoms with Crippen molar-refractivity contribution in [1.29, 1.82) is 0 Å². The van der Waals surface area contributed by atoms with E-state index < -0.39 is 17.7 Å². The van der Waals surface area contributed by atoms with Crippen LogP contribution in [0.1, 0.15) is 50.4 Å². The van der Waals surface area contributed by atoms with Gasteiger partial charge < -0.3 is 30.5 Å². The number of carbonyl (C=O) groups excluding carboxylic acids is 5. The van der Waals surface area contributed by atoms with Gasteiger partial charge in [-0.2, -0.15) is 9.13 Å². The van der Waals surface area contributed by atoms with Crippen LogP contribution in [0.3, 0.4) is 0 Å². The summed E-state index contributed by atoms with van der Waals surface area (Å²) >= 11 is 2.62. The van der Waals surface area contributed by atoms with Crippen molar-refractivity contribution in [2.24, 2.45) is 5.73 Å². The number of carbonyl (C=O) groups is 5. The highest BCUT2D eigenvalue weighted by Crippen LogP contribution is 2.10. The molecule has 0 radical (unpaired) electrons. The molecule has 0 bridgehead atoms. The van der Waals surface area contributed by atoms with Crippen molar-refractivity contribution < 1.29 is 57.9 Å². The van der Waals surface area contributed by atoms with Crippen molar-refractivity contribution >= 4 is 52.0 Å². The number of nitrogens with one attached hydrogen (secondary N) is 2. The van der Waals surface area contributed by atoms with E-state index in [1.165, 1.54) is 58.0 Å². The zero-order chi connectivity index (χ0) is 26.4. The smallest absolute Gasteiger partial charge is 0.275 e. The number of hydrogen-bond acceptors (Lipinski definition) is 7. The molecule has 0 saturated carbocycles. The monoisotopic (exact) mass is 605 g/mol. The van der Waals surface area contributed by atoms with Gasteiger partial charge in [-0.3, -0.25) is 34.8 Å². The zero-order valence-corrected chi connectivity index (χ0v) is 23.2. The highest BCUT2D eigenvalue weighted by Gasteiger charge is 2.21. The lowest BCUT2D eigenvalue weighted by molar-refractivity contribution is -0.683. The minimum atomic E-state index is -0.776. The van der Waals surface area contributed by atoms with E-state index in [2.05, 4.69) is 10.9 Å². The number of nitrogens with zero attached hydrogens (tertiary/aromatic N) is 2. The first-order valence-corrected chi connectivity index (χ1v) is 12.6. The van der Waals surface area contributed by atoms with E-state index in [1.54, 1.807) is 46.5 Å². The molecule has 4 rings (SSSR count). The van der Waals surface area contributed by atoms with Crippen LogP contribution in [0.15, 0.2) is 78.0 Å². The van der Waals surface area contributed by atoms with Gasteiger partial charge in [-0.25, -0.2) is 0 Å². The molecule has 0 atom stereocenters.